The third-order valence-electron chi connectivity index (χ3n) is 3.46. The normalized spacial score (nSPS) is 20.1. The summed E-state index contributed by atoms with van der Waals surface area (Å²) < 4.78 is 0. The van der Waals surface area contributed by atoms with Gasteiger partial charge in [0.2, 0.25) is 0 Å². The molecule has 0 bridgehead atoms. The van der Waals surface area contributed by atoms with Crippen molar-refractivity contribution >= 4 is 18.2 Å². The minimum Gasteiger partial charge on any atom is -0.508 e. The fourth-order valence-corrected chi connectivity index (χ4v) is 2.13. The van der Waals surface area contributed by atoms with Crippen LogP contribution in [0.5, 0.6) is 5.75 Å². The minimum absolute atomic E-state index is 0. The molecule has 0 saturated heterocycles. The van der Waals surface area contributed by atoms with Gasteiger partial charge in [0.1, 0.15) is 11.6 Å². The number of benzene rings is 1. The number of hydrogen-bond donors (Lipinski definition) is 3. The molecule has 2 aromatic rings. The highest BCUT2D eigenvalue weighted by molar-refractivity contribution is 5.85. The van der Waals surface area contributed by atoms with E-state index < -0.39 is 0 Å². The van der Waals surface area contributed by atoms with Crippen LogP contribution in [0.25, 0.3) is 0 Å². The molecule has 4 nitrogen and oxygen atoms in total. The molecule has 1 aromatic carbocycles. The van der Waals surface area contributed by atoms with Crippen molar-refractivity contribution in [2.24, 2.45) is 5.73 Å². The van der Waals surface area contributed by atoms with Crippen LogP contribution in [0, 0.1) is 0 Å². The summed E-state index contributed by atoms with van der Waals surface area (Å²) in [5, 5.41) is 12.5. The van der Waals surface area contributed by atoms with Gasteiger partial charge >= 0.3 is 0 Å². The second-order valence-corrected chi connectivity index (χ2v) is 5.00. The van der Waals surface area contributed by atoms with Gasteiger partial charge in [-0.25, -0.2) is 4.98 Å². The average Bonchev–Trinajstić information content (AvgIpc) is 3.16. The van der Waals surface area contributed by atoms with Crippen molar-refractivity contribution in [3.05, 3.63) is 53.7 Å². The van der Waals surface area contributed by atoms with E-state index in [0.29, 0.717) is 18.5 Å². The third-order valence-corrected chi connectivity index (χ3v) is 3.46. The summed E-state index contributed by atoms with van der Waals surface area (Å²) in [5.41, 5.74) is 8.15. The molecule has 20 heavy (non-hydrogen) atoms. The van der Waals surface area contributed by atoms with E-state index in [1.165, 1.54) is 5.56 Å². The van der Waals surface area contributed by atoms with Gasteiger partial charge in [-0.1, -0.05) is 18.2 Å². The molecule has 1 aromatic heterocycles. The fraction of sp³-hybridized carbons (Fsp3) is 0.267. The van der Waals surface area contributed by atoms with E-state index in [0.717, 1.165) is 17.8 Å². The Kier molecular flexibility index (Phi) is 4.47. The van der Waals surface area contributed by atoms with E-state index >= 15 is 0 Å². The zero-order valence-electron chi connectivity index (χ0n) is 11.0. The molecule has 5 heteroatoms. The topological polar surface area (TPSA) is 71.2 Å². The molecule has 1 aliphatic rings. The van der Waals surface area contributed by atoms with Crippen molar-refractivity contribution in [2.75, 3.05) is 5.32 Å². The second kappa shape index (κ2) is 6.11. The van der Waals surface area contributed by atoms with Crippen LogP contribution in [0.4, 0.5) is 5.82 Å². The number of phenolic OH excluding ortho intramolecular Hbond substituents is 1. The minimum atomic E-state index is 0. The van der Waals surface area contributed by atoms with E-state index in [9.17, 15) is 5.11 Å². The van der Waals surface area contributed by atoms with E-state index in [-0.39, 0.29) is 18.2 Å². The lowest BCUT2D eigenvalue weighted by Gasteiger charge is -2.06. The van der Waals surface area contributed by atoms with Crippen LogP contribution < -0.4 is 11.1 Å². The molecule has 2 atom stereocenters. The Morgan fingerprint density at radius 3 is 2.45 bits per heavy atom. The molecule has 1 aliphatic carbocycles. The van der Waals surface area contributed by atoms with Crippen LogP contribution in [-0.2, 0) is 6.54 Å². The van der Waals surface area contributed by atoms with E-state index in [2.05, 4.69) is 16.4 Å². The first-order valence-electron chi connectivity index (χ1n) is 6.46. The van der Waals surface area contributed by atoms with Gasteiger partial charge in [0, 0.05) is 24.7 Å². The van der Waals surface area contributed by atoms with Gasteiger partial charge in [-0.2, -0.15) is 0 Å². The number of aromatic nitrogens is 1. The van der Waals surface area contributed by atoms with Gasteiger partial charge in [0.25, 0.3) is 0 Å². The highest BCUT2D eigenvalue weighted by Crippen LogP contribution is 2.38. The van der Waals surface area contributed by atoms with Gasteiger partial charge in [0.15, 0.2) is 0 Å². The molecule has 1 heterocycles. The van der Waals surface area contributed by atoms with Crippen molar-refractivity contribution in [1.82, 2.24) is 4.98 Å². The third kappa shape index (κ3) is 3.40. The number of nitrogens with one attached hydrogen (secondary N) is 1. The lowest BCUT2D eigenvalue weighted by atomic mass is 10.2. The molecular formula is C15H18ClN3O. The highest BCUT2D eigenvalue weighted by Gasteiger charge is 2.34. The first-order valence-corrected chi connectivity index (χ1v) is 6.46. The quantitative estimate of drug-likeness (QED) is 0.810. The molecule has 106 valence electrons. The van der Waals surface area contributed by atoms with E-state index in [1.54, 1.807) is 12.1 Å². The molecule has 0 radical (unpaired) electrons. The number of pyridine rings is 1. The Morgan fingerprint density at radius 1 is 1.20 bits per heavy atom. The second-order valence-electron chi connectivity index (χ2n) is 5.00. The number of aromatic hydroxyl groups is 1. The highest BCUT2D eigenvalue weighted by atomic mass is 35.5. The Balaban J connectivity index is 0.00000147. The van der Waals surface area contributed by atoms with E-state index in [1.807, 2.05) is 24.4 Å². The summed E-state index contributed by atoms with van der Waals surface area (Å²) in [6.07, 6.45) is 2.97. The smallest absolute Gasteiger partial charge is 0.126 e. The predicted molar refractivity (Wildman–Crippen MR) is 82.3 cm³/mol. The maximum Gasteiger partial charge on any atom is 0.126 e. The van der Waals surface area contributed by atoms with Crippen molar-refractivity contribution < 1.29 is 5.11 Å². The first-order chi connectivity index (χ1) is 9.22. The Labute approximate surface area is 124 Å². The summed E-state index contributed by atoms with van der Waals surface area (Å²) >= 11 is 0. The van der Waals surface area contributed by atoms with Crippen LogP contribution >= 0.6 is 12.4 Å². The van der Waals surface area contributed by atoms with Crippen LogP contribution in [0.1, 0.15) is 23.5 Å². The summed E-state index contributed by atoms with van der Waals surface area (Å²) in [5.74, 6) is 1.64. The zero-order valence-corrected chi connectivity index (χ0v) is 11.8. The van der Waals surface area contributed by atoms with Crippen LogP contribution in [0.3, 0.4) is 0 Å². The number of anilines is 1. The number of nitrogens with two attached hydrogens (primary N) is 1. The molecular weight excluding hydrogens is 274 g/mol. The summed E-state index contributed by atoms with van der Waals surface area (Å²) in [6, 6.07) is 11.5. The standard InChI is InChI=1S/C15H17N3O.ClH/c16-14-7-13(14)11-3-6-15(18-9-11)17-8-10-1-4-12(19)5-2-10;/h1-6,9,13-14,19H,7-8,16H2,(H,17,18);1H/t13-,14+;/m0./s1. The average molecular weight is 292 g/mol. The molecule has 0 unspecified atom stereocenters. The Bertz CT molecular complexity index is 556. The summed E-state index contributed by atoms with van der Waals surface area (Å²) in [4.78, 5) is 4.39. The van der Waals surface area contributed by atoms with Gasteiger partial charge in [-0.15, -0.1) is 12.4 Å². The SMILES string of the molecule is Cl.N[C@@H]1C[C@H]1c1ccc(NCc2ccc(O)cc2)nc1. The molecule has 4 N–H and O–H groups in total. The molecule has 1 fully saturated rings. The number of hydrogen-bond acceptors (Lipinski definition) is 4. The molecule has 0 spiro atoms. The van der Waals surface area contributed by atoms with Gasteiger partial charge in [-0.3, -0.25) is 0 Å². The zero-order chi connectivity index (χ0) is 13.2. The number of rotatable bonds is 4. The lowest BCUT2D eigenvalue weighted by Crippen LogP contribution is -2.03. The van der Waals surface area contributed by atoms with Crippen LogP contribution in [0.2, 0.25) is 0 Å². The number of nitrogens with zero attached hydrogens (tertiary/aromatic N) is 1. The number of phenols is 1. The Hall–Kier alpha value is -1.78. The van der Waals surface area contributed by atoms with Gasteiger partial charge in [-0.05, 0) is 35.7 Å². The van der Waals surface area contributed by atoms with Crippen molar-refractivity contribution in [2.45, 2.75) is 24.9 Å². The fourth-order valence-electron chi connectivity index (χ4n) is 2.13. The molecule has 0 amide bonds. The molecule has 3 rings (SSSR count). The van der Waals surface area contributed by atoms with Crippen LogP contribution in [0.15, 0.2) is 42.6 Å². The maximum atomic E-state index is 9.21. The summed E-state index contributed by atoms with van der Waals surface area (Å²) in [6.45, 7) is 0.690. The first kappa shape index (κ1) is 14.6. The van der Waals surface area contributed by atoms with Gasteiger partial charge < -0.3 is 16.2 Å². The number of halogens is 1. The van der Waals surface area contributed by atoms with Crippen LogP contribution in [-0.4, -0.2) is 16.1 Å². The lowest BCUT2D eigenvalue weighted by molar-refractivity contribution is 0.475. The summed E-state index contributed by atoms with van der Waals surface area (Å²) in [7, 11) is 0. The molecule has 0 aliphatic heterocycles. The van der Waals surface area contributed by atoms with E-state index in [4.69, 9.17) is 5.73 Å². The predicted octanol–water partition coefficient (Wildman–Crippen LogP) is 2.64. The van der Waals surface area contributed by atoms with Gasteiger partial charge in [0.05, 0.1) is 0 Å². The van der Waals surface area contributed by atoms with Crippen molar-refractivity contribution in [3.63, 3.8) is 0 Å². The monoisotopic (exact) mass is 291 g/mol. The van der Waals surface area contributed by atoms with Crippen molar-refractivity contribution in [1.29, 1.82) is 0 Å². The maximum absolute atomic E-state index is 9.21. The Morgan fingerprint density at radius 2 is 1.90 bits per heavy atom. The van der Waals surface area contributed by atoms with Crippen molar-refractivity contribution in [3.8, 4) is 5.75 Å². The molecule has 1 saturated carbocycles. The largest absolute Gasteiger partial charge is 0.508 e.